The lowest BCUT2D eigenvalue weighted by Crippen LogP contribution is -2.50. The number of hydrogen-bond donors (Lipinski definition) is 3. The fourth-order valence-electron chi connectivity index (χ4n) is 6.37. The SMILES string of the molecule is COc1c(C(=O)O)ccc(C(C)(C)C)c1C[C@H](NC(=O)c1ccc(CN(C)C)c(N)c1)B1OC2CC(C)(C)CCC2(C)O1. The van der Waals surface area contributed by atoms with Gasteiger partial charge >= 0.3 is 13.1 Å². The zero-order chi connectivity index (χ0) is 31.9. The zero-order valence-electron chi connectivity index (χ0n) is 27.2. The predicted molar refractivity (Wildman–Crippen MR) is 170 cm³/mol. The molecule has 2 aromatic carbocycles. The van der Waals surface area contributed by atoms with Crippen molar-refractivity contribution in [1.82, 2.24) is 10.2 Å². The summed E-state index contributed by atoms with van der Waals surface area (Å²) in [6.07, 6.45) is 2.81. The lowest BCUT2D eigenvalue weighted by atomic mass is 9.70. The lowest BCUT2D eigenvalue weighted by molar-refractivity contribution is -0.0238. The van der Waals surface area contributed by atoms with Crippen LogP contribution in [0.4, 0.5) is 5.69 Å². The molecule has 2 unspecified atom stereocenters. The molecule has 43 heavy (non-hydrogen) atoms. The van der Waals surface area contributed by atoms with E-state index in [1.54, 1.807) is 18.2 Å². The largest absolute Gasteiger partial charge is 0.496 e. The molecule has 1 saturated carbocycles. The highest BCUT2D eigenvalue weighted by molar-refractivity contribution is 6.48. The summed E-state index contributed by atoms with van der Waals surface area (Å²) in [7, 11) is 4.66. The first-order valence-corrected chi connectivity index (χ1v) is 15.0. The zero-order valence-corrected chi connectivity index (χ0v) is 27.2. The summed E-state index contributed by atoms with van der Waals surface area (Å²) in [6.45, 7) is 13.4. The van der Waals surface area contributed by atoms with Gasteiger partial charge in [-0.05, 0) is 86.9 Å². The quantitative estimate of drug-likeness (QED) is 0.272. The third-order valence-electron chi connectivity index (χ3n) is 8.87. The first kappa shape index (κ1) is 32.8. The number of carbonyl (C=O) groups is 2. The summed E-state index contributed by atoms with van der Waals surface area (Å²) in [5.74, 6) is -1.76. The van der Waals surface area contributed by atoms with Crippen molar-refractivity contribution in [1.29, 1.82) is 0 Å². The molecule has 0 aromatic heterocycles. The van der Waals surface area contributed by atoms with Crippen LogP contribution in [0.15, 0.2) is 30.3 Å². The Balaban J connectivity index is 1.75. The molecule has 0 spiro atoms. The Morgan fingerprint density at radius 2 is 1.88 bits per heavy atom. The standard InChI is InChI=1S/C33H48BN3O6/c1-31(2,3)24-13-12-22(30(39)40)28(41-9)23(24)17-27(34-42-26-18-32(4,5)14-15-33(26,6)43-34)36-29(38)20-10-11-21(19-37(7)8)25(35)16-20/h10-13,16,26-27H,14-15,17-19,35H2,1-9H3,(H,36,38)(H,39,40)/t26?,27-,33?/m0/s1. The molecular weight excluding hydrogens is 545 g/mol. The molecule has 2 aromatic rings. The van der Waals surface area contributed by atoms with Crippen LogP contribution in [0.2, 0.25) is 0 Å². The number of nitrogens with two attached hydrogens (primary N) is 1. The molecule has 1 saturated heterocycles. The molecule has 1 aliphatic carbocycles. The third kappa shape index (κ3) is 7.19. The molecule has 10 heteroatoms. The molecule has 234 valence electrons. The monoisotopic (exact) mass is 593 g/mol. The van der Waals surface area contributed by atoms with Crippen LogP contribution in [0.5, 0.6) is 5.75 Å². The van der Waals surface area contributed by atoms with E-state index in [4.69, 9.17) is 19.8 Å². The molecular formula is C33H48BN3O6. The number of ether oxygens (including phenoxy) is 1. The average molecular weight is 594 g/mol. The van der Waals surface area contributed by atoms with Crippen molar-refractivity contribution in [2.45, 2.75) is 96.8 Å². The second kappa shape index (κ2) is 12.1. The maximum absolute atomic E-state index is 13.8. The predicted octanol–water partition coefficient (Wildman–Crippen LogP) is 5.09. The number of benzene rings is 2. The highest BCUT2D eigenvalue weighted by atomic mass is 16.7. The smallest absolute Gasteiger partial charge is 0.482 e. The summed E-state index contributed by atoms with van der Waals surface area (Å²) in [5, 5.41) is 13.1. The Morgan fingerprint density at radius 1 is 1.19 bits per heavy atom. The Bertz CT molecular complexity index is 1370. The van der Waals surface area contributed by atoms with Crippen molar-refractivity contribution in [2.24, 2.45) is 5.41 Å². The molecule has 4 N–H and O–H groups in total. The van der Waals surface area contributed by atoms with Crippen molar-refractivity contribution in [2.75, 3.05) is 26.9 Å². The number of anilines is 1. The molecule has 0 radical (unpaired) electrons. The maximum Gasteiger partial charge on any atom is 0.482 e. The summed E-state index contributed by atoms with van der Waals surface area (Å²) in [5.41, 5.74) is 9.23. The summed E-state index contributed by atoms with van der Waals surface area (Å²) < 4.78 is 19.0. The van der Waals surface area contributed by atoms with Gasteiger partial charge in [0.2, 0.25) is 0 Å². The van der Waals surface area contributed by atoms with E-state index in [0.29, 0.717) is 23.4 Å². The van der Waals surface area contributed by atoms with Gasteiger partial charge in [-0.1, -0.05) is 46.8 Å². The van der Waals surface area contributed by atoms with Crippen LogP contribution in [-0.2, 0) is 27.7 Å². The van der Waals surface area contributed by atoms with E-state index in [0.717, 1.165) is 30.4 Å². The molecule has 4 rings (SSSR count). The van der Waals surface area contributed by atoms with Gasteiger partial charge < -0.3 is 35.1 Å². The molecule has 2 aliphatic rings. The second-order valence-electron chi connectivity index (χ2n) is 14.5. The number of carboxylic acids is 1. The number of nitrogens with zero attached hydrogens (tertiary/aromatic N) is 1. The van der Waals surface area contributed by atoms with Crippen LogP contribution in [0.25, 0.3) is 0 Å². The summed E-state index contributed by atoms with van der Waals surface area (Å²) >= 11 is 0. The number of amides is 1. The van der Waals surface area contributed by atoms with Crippen LogP contribution in [0.1, 0.15) is 98.2 Å². The van der Waals surface area contributed by atoms with Crippen LogP contribution in [-0.4, -0.2) is 67.9 Å². The minimum absolute atomic E-state index is 0.0653. The van der Waals surface area contributed by atoms with Gasteiger partial charge in [0.15, 0.2) is 0 Å². The van der Waals surface area contributed by atoms with Gasteiger partial charge in [0.05, 0.1) is 24.8 Å². The van der Waals surface area contributed by atoms with Gasteiger partial charge in [-0.15, -0.1) is 0 Å². The number of carboxylic acid groups (broad SMARTS) is 1. The minimum Gasteiger partial charge on any atom is -0.496 e. The normalized spacial score (nSPS) is 22.3. The van der Waals surface area contributed by atoms with Crippen molar-refractivity contribution < 1.29 is 28.7 Å². The van der Waals surface area contributed by atoms with E-state index in [-0.39, 0.29) is 40.6 Å². The summed E-state index contributed by atoms with van der Waals surface area (Å²) in [4.78, 5) is 28.0. The molecule has 0 bridgehead atoms. The first-order chi connectivity index (χ1) is 19.9. The van der Waals surface area contributed by atoms with Crippen LogP contribution in [0.3, 0.4) is 0 Å². The van der Waals surface area contributed by atoms with Crippen molar-refractivity contribution in [3.05, 3.63) is 58.1 Å². The molecule has 1 amide bonds. The van der Waals surface area contributed by atoms with E-state index >= 15 is 0 Å². The third-order valence-corrected chi connectivity index (χ3v) is 8.87. The number of rotatable bonds is 9. The highest BCUT2D eigenvalue weighted by Gasteiger charge is 2.55. The van der Waals surface area contributed by atoms with Crippen LogP contribution < -0.4 is 15.8 Å². The number of methoxy groups -OCH3 is 1. The molecule has 1 heterocycles. The van der Waals surface area contributed by atoms with Gasteiger partial charge in [-0.3, -0.25) is 4.79 Å². The van der Waals surface area contributed by atoms with Gasteiger partial charge in [-0.25, -0.2) is 4.79 Å². The first-order valence-electron chi connectivity index (χ1n) is 15.0. The van der Waals surface area contributed by atoms with Crippen LogP contribution >= 0.6 is 0 Å². The number of aromatic carboxylic acids is 1. The van der Waals surface area contributed by atoms with Crippen LogP contribution in [0, 0.1) is 5.41 Å². The second-order valence-corrected chi connectivity index (χ2v) is 14.5. The van der Waals surface area contributed by atoms with Gasteiger partial charge in [0.1, 0.15) is 11.3 Å². The van der Waals surface area contributed by atoms with Crippen molar-refractivity contribution in [3.8, 4) is 5.75 Å². The lowest BCUT2D eigenvalue weighted by Gasteiger charge is -2.42. The topological polar surface area (TPSA) is 123 Å². The van der Waals surface area contributed by atoms with Gasteiger partial charge in [0, 0.05) is 23.4 Å². The van der Waals surface area contributed by atoms with Gasteiger partial charge in [-0.2, -0.15) is 0 Å². The van der Waals surface area contributed by atoms with Crippen molar-refractivity contribution >= 4 is 24.7 Å². The van der Waals surface area contributed by atoms with E-state index in [2.05, 4.69) is 46.9 Å². The summed E-state index contributed by atoms with van der Waals surface area (Å²) in [6, 6.07) is 8.75. The van der Waals surface area contributed by atoms with E-state index in [1.807, 2.05) is 31.1 Å². The Kier molecular flexibility index (Phi) is 9.26. The molecule has 3 atom stereocenters. The molecule has 1 aliphatic heterocycles. The number of fused-ring (bicyclic) bond motifs is 1. The van der Waals surface area contributed by atoms with E-state index < -0.39 is 24.6 Å². The van der Waals surface area contributed by atoms with E-state index in [1.165, 1.54) is 7.11 Å². The number of nitrogens with one attached hydrogen (secondary N) is 1. The average Bonchev–Trinajstić information content (AvgIpc) is 3.23. The van der Waals surface area contributed by atoms with Gasteiger partial charge in [0.25, 0.3) is 5.91 Å². The highest BCUT2D eigenvalue weighted by Crippen LogP contribution is 2.47. The fraction of sp³-hybridized carbons (Fsp3) is 0.576. The number of hydrogen-bond acceptors (Lipinski definition) is 7. The van der Waals surface area contributed by atoms with Crippen molar-refractivity contribution in [3.63, 3.8) is 0 Å². The molecule has 9 nitrogen and oxygen atoms in total. The Labute approximate surface area is 256 Å². The maximum atomic E-state index is 13.8. The Hall–Kier alpha value is -3.08. The van der Waals surface area contributed by atoms with E-state index in [9.17, 15) is 14.7 Å². The number of nitrogen functional groups attached to an aromatic ring is 1. The number of carbonyl (C=O) groups excluding carboxylic acids is 1. The fourth-order valence-corrected chi connectivity index (χ4v) is 6.37. The molecule has 2 fully saturated rings. The Morgan fingerprint density at radius 3 is 2.47 bits per heavy atom. The minimum atomic E-state index is -1.08.